The Bertz CT molecular complexity index is 650. The van der Waals surface area contributed by atoms with E-state index in [2.05, 4.69) is 18.9 Å². The summed E-state index contributed by atoms with van der Waals surface area (Å²) in [7, 11) is 0. The van der Waals surface area contributed by atoms with Crippen LogP contribution in [0.25, 0.3) is 0 Å². The highest BCUT2D eigenvalue weighted by Crippen LogP contribution is 2.43. The maximum atomic E-state index is 13.1. The fourth-order valence-electron chi connectivity index (χ4n) is 3.58. The van der Waals surface area contributed by atoms with Crippen LogP contribution in [0.3, 0.4) is 0 Å². The first-order valence-corrected chi connectivity index (χ1v) is 8.97. The second kappa shape index (κ2) is 6.22. The molecule has 1 aromatic rings. The summed E-state index contributed by atoms with van der Waals surface area (Å²) in [6, 6.07) is 0.271. The summed E-state index contributed by atoms with van der Waals surface area (Å²) < 4.78 is 2.01. The van der Waals surface area contributed by atoms with Gasteiger partial charge in [-0.3, -0.25) is 14.3 Å². The third-order valence-electron chi connectivity index (χ3n) is 5.54. The number of carboxylic acids is 1. The van der Waals surface area contributed by atoms with Gasteiger partial charge in [0.15, 0.2) is 0 Å². The van der Waals surface area contributed by atoms with Crippen molar-refractivity contribution in [2.24, 2.45) is 5.41 Å². The van der Waals surface area contributed by atoms with Crippen molar-refractivity contribution in [3.63, 3.8) is 0 Å². The number of rotatable bonds is 5. The first kappa shape index (κ1) is 17.0. The highest BCUT2D eigenvalue weighted by Gasteiger charge is 2.41. The van der Waals surface area contributed by atoms with Crippen LogP contribution < -0.4 is 0 Å². The highest BCUT2D eigenvalue weighted by molar-refractivity contribution is 5.96. The number of carbonyl (C=O) groups excluding carboxylic acids is 1. The topological polar surface area (TPSA) is 75.4 Å². The van der Waals surface area contributed by atoms with Crippen LogP contribution in [0, 0.1) is 5.41 Å². The summed E-state index contributed by atoms with van der Waals surface area (Å²) in [4.78, 5) is 26.3. The van der Waals surface area contributed by atoms with Crippen molar-refractivity contribution in [3.8, 4) is 0 Å². The molecule has 1 N–H and O–H groups in total. The minimum atomic E-state index is -0.847. The molecule has 0 spiro atoms. The predicted molar refractivity (Wildman–Crippen MR) is 90.1 cm³/mol. The molecule has 2 heterocycles. The van der Waals surface area contributed by atoms with Crippen LogP contribution in [0.1, 0.15) is 80.9 Å². The second-order valence-corrected chi connectivity index (χ2v) is 7.62. The zero-order valence-electron chi connectivity index (χ0n) is 14.8. The Morgan fingerprint density at radius 2 is 2.17 bits per heavy atom. The summed E-state index contributed by atoms with van der Waals surface area (Å²) >= 11 is 0. The molecule has 6 nitrogen and oxygen atoms in total. The Morgan fingerprint density at radius 1 is 1.46 bits per heavy atom. The fraction of sp³-hybridized carbons (Fsp3) is 0.722. The quantitative estimate of drug-likeness (QED) is 0.898. The Labute approximate surface area is 142 Å². The number of nitrogens with zero attached hydrogens (tertiary/aromatic N) is 3. The van der Waals surface area contributed by atoms with Gasteiger partial charge in [0.1, 0.15) is 0 Å². The van der Waals surface area contributed by atoms with E-state index in [1.807, 2.05) is 4.68 Å². The molecule has 2 unspecified atom stereocenters. The minimum absolute atomic E-state index is 0.0568. The highest BCUT2D eigenvalue weighted by atomic mass is 16.4. The van der Waals surface area contributed by atoms with Crippen molar-refractivity contribution < 1.29 is 14.7 Å². The fourth-order valence-corrected chi connectivity index (χ4v) is 3.58. The van der Waals surface area contributed by atoms with E-state index in [4.69, 9.17) is 0 Å². The van der Waals surface area contributed by atoms with Crippen molar-refractivity contribution in [2.45, 2.75) is 64.8 Å². The van der Waals surface area contributed by atoms with Gasteiger partial charge in [0.2, 0.25) is 0 Å². The number of hydrogen-bond donors (Lipinski definition) is 1. The van der Waals surface area contributed by atoms with Crippen molar-refractivity contribution >= 4 is 11.9 Å². The summed E-state index contributed by atoms with van der Waals surface area (Å²) in [6.45, 7) is 6.88. The molecule has 1 aromatic heterocycles. The van der Waals surface area contributed by atoms with Gasteiger partial charge < -0.3 is 10.0 Å². The number of piperidine rings is 1. The Morgan fingerprint density at radius 3 is 2.75 bits per heavy atom. The zero-order valence-corrected chi connectivity index (χ0v) is 14.8. The van der Waals surface area contributed by atoms with E-state index in [9.17, 15) is 14.7 Å². The molecular weight excluding hydrogens is 306 g/mol. The molecule has 1 saturated heterocycles. The van der Waals surface area contributed by atoms with E-state index >= 15 is 0 Å². The first-order valence-electron chi connectivity index (χ1n) is 8.97. The van der Waals surface area contributed by atoms with Crippen LogP contribution in [0.15, 0.2) is 6.20 Å². The van der Waals surface area contributed by atoms with E-state index < -0.39 is 11.4 Å². The van der Waals surface area contributed by atoms with E-state index in [-0.39, 0.29) is 18.5 Å². The van der Waals surface area contributed by atoms with Crippen molar-refractivity contribution in [1.29, 1.82) is 0 Å². The van der Waals surface area contributed by atoms with Crippen molar-refractivity contribution in [3.05, 3.63) is 17.5 Å². The van der Waals surface area contributed by atoms with Crippen LogP contribution >= 0.6 is 0 Å². The van der Waals surface area contributed by atoms with Gasteiger partial charge in [-0.15, -0.1) is 0 Å². The molecule has 0 aromatic carbocycles. The number of aliphatic carboxylic acids is 1. The van der Waals surface area contributed by atoms with Crippen LogP contribution in [-0.4, -0.2) is 44.8 Å². The molecule has 1 amide bonds. The maximum Gasteiger partial charge on any atom is 0.311 e. The van der Waals surface area contributed by atoms with Gasteiger partial charge in [0.05, 0.1) is 22.9 Å². The van der Waals surface area contributed by atoms with Gasteiger partial charge in [-0.05, 0) is 46.0 Å². The summed E-state index contributed by atoms with van der Waals surface area (Å²) in [5, 5.41) is 14.0. The molecule has 6 heteroatoms. The van der Waals surface area contributed by atoms with Crippen LogP contribution in [0.4, 0.5) is 0 Å². The number of amides is 1. The zero-order chi connectivity index (χ0) is 17.5. The predicted octanol–water partition coefficient (Wildman–Crippen LogP) is 3.06. The van der Waals surface area contributed by atoms with Crippen molar-refractivity contribution in [1.82, 2.24) is 14.7 Å². The summed E-state index contributed by atoms with van der Waals surface area (Å²) in [5.41, 5.74) is 0.879. The second-order valence-electron chi connectivity index (χ2n) is 7.62. The first-order chi connectivity index (χ1) is 11.4. The number of hydrogen-bond acceptors (Lipinski definition) is 3. The SMILES string of the molecule is CCC(C)n1ncc(C(=O)N2CCCC(C)(C(=O)O)C2)c1C1CC1. The molecule has 0 radical (unpaired) electrons. The third kappa shape index (κ3) is 2.94. The molecule has 2 atom stereocenters. The Hall–Kier alpha value is -1.85. The third-order valence-corrected chi connectivity index (χ3v) is 5.54. The molecule has 3 rings (SSSR count). The molecule has 0 bridgehead atoms. The molecule has 1 saturated carbocycles. The smallest absolute Gasteiger partial charge is 0.311 e. The lowest BCUT2D eigenvalue weighted by Crippen LogP contribution is -2.48. The Balaban J connectivity index is 1.87. The summed E-state index contributed by atoms with van der Waals surface area (Å²) in [6.07, 6.45) is 6.22. The molecule has 1 aliphatic carbocycles. The number of carbonyl (C=O) groups is 2. The lowest BCUT2D eigenvalue weighted by molar-refractivity contribution is -0.150. The normalized spacial score (nSPS) is 25.5. The van der Waals surface area contributed by atoms with Crippen molar-refractivity contribution in [2.75, 3.05) is 13.1 Å². The van der Waals surface area contributed by atoms with Gasteiger partial charge >= 0.3 is 5.97 Å². The molecule has 2 aliphatic rings. The van der Waals surface area contributed by atoms with Crippen LogP contribution in [0.2, 0.25) is 0 Å². The standard InChI is InChI=1S/C18H27N3O3/c1-4-12(2)21-15(13-6-7-13)14(10-19-21)16(22)20-9-5-8-18(3,11-20)17(23)24/h10,12-13H,4-9,11H2,1-3H3,(H,23,24). The van der Waals surface area contributed by atoms with Gasteiger partial charge in [-0.1, -0.05) is 6.92 Å². The van der Waals surface area contributed by atoms with E-state index in [0.29, 0.717) is 24.4 Å². The van der Waals surface area contributed by atoms with Gasteiger partial charge in [0, 0.05) is 25.0 Å². The molecular formula is C18H27N3O3. The minimum Gasteiger partial charge on any atom is -0.481 e. The van der Waals surface area contributed by atoms with Gasteiger partial charge in [0.25, 0.3) is 5.91 Å². The van der Waals surface area contributed by atoms with E-state index in [1.165, 1.54) is 0 Å². The Kier molecular flexibility index (Phi) is 4.40. The maximum absolute atomic E-state index is 13.1. The van der Waals surface area contributed by atoms with E-state index in [1.54, 1.807) is 18.0 Å². The monoisotopic (exact) mass is 333 g/mol. The lowest BCUT2D eigenvalue weighted by atomic mass is 9.82. The average molecular weight is 333 g/mol. The summed E-state index contributed by atoms with van der Waals surface area (Å²) in [5.74, 6) is -0.451. The lowest BCUT2D eigenvalue weighted by Gasteiger charge is -2.37. The van der Waals surface area contributed by atoms with Gasteiger partial charge in [-0.25, -0.2) is 0 Å². The average Bonchev–Trinajstić information content (AvgIpc) is 3.31. The number of likely N-dealkylation sites (tertiary alicyclic amines) is 1. The van der Waals surface area contributed by atoms with Crippen LogP contribution in [0.5, 0.6) is 0 Å². The number of aromatic nitrogens is 2. The van der Waals surface area contributed by atoms with Crippen LogP contribution in [-0.2, 0) is 4.79 Å². The van der Waals surface area contributed by atoms with Gasteiger partial charge in [-0.2, -0.15) is 5.10 Å². The number of carboxylic acid groups (broad SMARTS) is 1. The largest absolute Gasteiger partial charge is 0.481 e. The molecule has 1 aliphatic heterocycles. The molecule has 24 heavy (non-hydrogen) atoms. The molecule has 2 fully saturated rings. The van der Waals surface area contributed by atoms with E-state index in [0.717, 1.165) is 31.4 Å². The molecule has 132 valence electrons.